The Morgan fingerprint density at radius 2 is 1.90 bits per heavy atom. The van der Waals surface area contributed by atoms with Gasteiger partial charge in [-0.25, -0.2) is 9.68 Å². The molecule has 1 N–H and O–H groups in total. The first-order valence-corrected chi connectivity index (χ1v) is 8.86. The van der Waals surface area contributed by atoms with Crippen molar-refractivity contribution in [2.75, 3.05) is 7.11 Å². The van der Waals surface area contributed by atoms with Gasteiger partial charge in [-0.2, -0.15) is 0 Å². The van der Waals surface area contributed by atoms with Crippen LogP contribution in [0.15, 0.2) is 30.4 Å². The topological polar surface area (TPSA) is 108 Å². The summed E-state index contributed by atoms with van der Waals surface area (Å²) in [6.07, 6.45) is 5.26. The lowest BCUT2D eigenvalue weighted by Gasteiger charge is -2.16. The van der Waals surface area contributed by atoms with E-state index in [2.05, 4.69) is 9.62 Å². The zero-order valence-electron chi connectivity index (χ0n) is 17.1. The molecule has 1 atom stereocenters. The Hall–Kier alpha value is -2.97. The Kier molecular flexibility index (Phi) is 9.24. The highest BCUT2D eigenvalue weighted by molar-refractivity contribution is 5.87. The Morgan fingerprint density at radius 3 is 2.48 bits per heavy atom. The van der Waals surface area contributed by atoms with Crippen LogP contribution in [-0.2, 0) is 28.7 Å². The van der Waals surface area contributed by atoms with E-state index in [-0.39, 0.29) is 12.2 Å². The number of hydrogen-bond donors (Lipinski definition) is 1. The lowest BCUT2D eigenvalue weighted by molar-refractivity contribution is -0.296. The van der Waals surface area contributed by atoms with Gasteiger partial charge in [-0.1, -0.05) is 12.1 Å². The lowest BCUT2D eigenvalue weighted by Crippen LogP contribution is -2.20. The summed E-state index contributed by atoms with van der Waals surface area (Å²) in [6, 6.07) is 4.90. The summed E-state index contributed by atoms with van der Waals surface area (Å²) >= 11 is 0. The van der Waals surface area contributed by atoms with Crippen LogP contribution in [-0.4, -0.2) is 42.0 Å². The number of benzene rings is 1. The third kappa shape index (κ3) is 9.18. The Morgan fingerprint density at radius 1 is 1.21 bits per heavy atom. The van der Waals surface area contributed by atoms with E-state index in [1.54, 1.807) is 57.2 Å². The van der Waals surface area contributed by atoms with Gasteiger partial charge in [0.1, 0.15) is 17.5 Å². The second-order valence-corrected chi connectivity index (χ2v) is 6.78. The monoisotopic (exact) mass is 406 g/mol. The summed E-state index contributed by atoms with van der Waals surface area (Å²) in [6.45, 7) is 6.12. The van der Waals surface area contributed by atoms with Gasteiger partial charge in [0.25, 0.3) is 0 Å². The number of hydrogen-bond acceptors (Lipinski definition) is 8. The minimum atomic E-state index is -0.969. The number of rotatable bonds is 9. The Bertz CT molecular complexity index is 792. The molecule has 0 aliphatic heterocycles. The van der Waals surface area contributed by atoms with Crippen LogP contribution in [0.4, 0.5) is 0 Å². The van der Waals surface area contributed by atoms with Crippen LogP contribution in [0.1, 0.15) is 45.2 Å². The van der Waals surface area contributed by atoms with Crippen molar-refractivity contribution in [3.8, 4) is 5.75 Å². The molecule has 0 saturated carbocycles. The second kappa shape index (κ2) is 11.1. The predicted octanol–water partition coefficient (Wildman–Crippen LogP) is 3.40. The number of methoxy groups -OCH3 is 1. The van der Waals surface area contributed by atoms with E-state index in [0.717, 1.165) is 0 Å². The second-order valence-electron chi connectivity index (χ2n) is 6.78. The van der Waals surface area contributed by atoms with Gasteiger partial charge in [-0.15, -0.1) is 0 Å². The SMILES string of the molecule is COC(=O)C=Cc1ccc(OC(=O)CC(C)OC(C)=O)c(C=CC(C)(C)OO)c1. The molecule has 0 aliphatic rings. The van der Waals surface area contributed by atoms with Crippen molar-refractivity contribution in [2.45, 2.75) is 45.8 Å². The molecule has 0 aromatic heterocycles. The molecule has 0 radical (unpaired) electrons. The van der Waals surface area contributed by atoms with Gasteiger partial charge in [0.05, 0.1) is 13.5 Å². The van der Waals surface area contributed by atoms with E-state index < -0.39 is 29.6 Å². The molecule has 0 amide bonds. The molecular formula is C21H26O8. The molecule has 8 nitrogen and oxygen atoms in total. The van der Waals surface area contributed by atoms with Gasteiger partial charge < -0.3 is 14.2 Å². The van der Waals surface area contributed by atoms with Crippen molar-refractivity contribution in [2.24, 2.45) is 0 Å². The van der Waals surface area contributed by atoms with Crippen molar-refractivity contribution < 1.29 is 38.7 Å². The molecule has 1 aromatic carbocycles. The summed E-state index contributed by atoms with van der Waals surface area (Å²) in [5, 5.41) is 8.94. The normalized spacial score (nSPS) is 12.8. The van der Waals surface area contributed by atoms with Gasteiger partial charge in [0.15, 0.2) is 0 Å². The fraction of sp³-hybridized carbons (Fsp3) is 0.381. The van der Waals surface area contributed by atoms with Crippen LogP contribution in [0.3, 0.4) is 0 Å². The van der Waals surface area contributed by atoms with Gasteiger partial charge in [-0.05, 0) is 50.6 Å². The molecule has 0 spiro atoms. The molecule has 29 heavy (non-hydrogen) atoms. The van der Waals surface area contributed by atoms with E-state index in [0.29, 0.717) is 11.1 Å². The van der Waals surface area contributed by atoms with E-state index in [4.69, 9.17) is 14.7 Å². The van der Waals surface area contributed by atoms with Crippen LogP contribution in [0.25, 0.3) is 12.2 Å². The largest absolute Gasteiger partial charge is 0.466 e. The molecule has 1 unspecified atom stereocenters. The van der Waals surface area contributed by atoms with Gasteiger partial charge >= 0.3 is 17.9 Å². The first-order valence-electron chi connectivity index (χ1n) is 8.86. The average molecular weight is 406 g/mol. The molecule has 0 bridgehead atoms. The number of ether oxygens (including phenoxy) is 3. The molecule has 158 valence electrons. The van der Waals surface area contributed by atoms with Crippen molar-refractivity contribution in [1.82, 2.24) is 0 Å². The van der Waals surface area contributed by atoms with E-state index in [1.165, 1.54) is 20.1 Å². The highest BCUT2D eigenvalue weighted by atomic mass is 17.1. The molecule has 0 fully saturated rings. The predicted molar refractivity (Wildman–Crippen MR) is 106 cm³/mol. The van der Waals surface area contributed by atoms with Crippen molar-refractivity contribution in [1.29, 1.82) is 0 Å². The summed E-state index contributed by atoms with van der Waals surface area (Å²) in [7, 11) is 1.27. The van der Waals surface area contributed by atoms with E-state index in [9.17, 15) is 14.4 Å². The zero-order valence-corrected chi connectivity index (χ0v) is 17.1. The highest BCUT2D eigenvalue weighted by Crippen LogP contribution is 2.25. The van der Waals surface area contributed by atoms with Crippen LogP contribution >= 0.6 is 0 Å². The summed E-state index contributed by atoms with van der Waals surface area (Å²) in [5.74, 6) is -1.32. The van der Waals surface area contributed by atoms with E-state index >= 15 is 0 Å². The molecule has 1 aromatic rings. The first-order chi connectivity index (χ1) is 13.6. The number of esters is 3. The zero-order chi connectivity index (χ0) is 22.0. The van der Waals surface area contributed by atoms with Crippen LogP contribution < -0.4 is 4.74 Å². The third-order valence-electron chi connectivity index (χ3n) is 3.59. The molecule has 0 heterocycles. The quantitative estimate of drug-likeness (QED) is 0.219. The Labute approximate surface area is 169 Å². The van der Waals surface area contributed by atoms with Gasteiger partial charge in [0, 0.05) is 18.6 Å². The van der Waals surface area contributed by atoms with Gasteiger partial charge in [0.2, 0.25) is 0 Å². The molecular weight excluding hydrogens is 380 g/mol. The third-order valence-corrected chi connectivity index (χ3v) is 3.59. The molecule has 1 rings (SSSR count). The number of carbonyl (C=O) groups excluding carboxylic acids is 3. The maximum absolute atomic E-state index is 12.2. The lowest BCUT2D eigenvalue weighted by atomic mass is 10.0. The maximum atomic E-state index is 12.2. The van der Waals surface area contributed by atoms with E-state index in [1.807, 2.05) is 0 Å². The van der Waals surface area contributed by atoms with Crippen molar-refractivity contribution >= 4 is 30.1 Å². The van der Waals surface area contributed by atoms with Gasteiger partial charge in [-0.3, -0.25) is 14.8 Å². The first kappa shape index (κ1) is 24.1. The highest BCUT2D eigenvalue weighted by Gasteiger charge is 2.17. The molecule has 8 heteroatoms. The minimum absolute atomic E-state index is 0.113. The standard InChI is InChI=1S/C21H26O8/c1-14(27-15(2)22)12-20(24)28-18-8-6-16(7-9-19(23)26-5)13-17(18)10-11-21(3,4)29-25/h6-11,13-14,25H,12H2,1-5H3. The summed E-state index contributed by atoms with van der Waals surface area (Å²) < 4.78 is 14.9. The summed E-state index contributed by atoms with van der Waals surface area (Å²) in [5.41, 5.74) is 0.199. The Balaban J connectivity index is 3.10. The summed E-state index contributed by atoms with van der Waals surface area (Å²) in [4.78, 5) is 38.8. The van der Waals surface area contributed by atoms with Crippen molar-refractivity contribution in [3.63, 3.8) is 0 Å². The minimum Gasteiger partial charge on any atom is -0.466 e. The number of carbonyl (C=O) groups is 3. The van der Waals surface area contributed by atoms with Crippen LogP contribution in [0.5, 0.6) is 5.75 Å². The average Bonchev–Trinajstić information content (AvgIpc) is 2.64. The fourth-order valence-electron chi connectivity index (χ4n) is 2.17. The molecule has 0 saturated heterocycles. The fourth-order valence-corrected chi connectivity index (χ4v) is 2.17. The smallest absolute Gasteiger partial charge is 0.330 e. The molecule has 0 aliphatic carbocycles. The maximum Gasteiger partial charge on any atom is 0.330 e. The van der Waals surface area contributed by atoms with Crippen molar-refractivity contribution in [3.05, 3.63) is 41.5 Å². The van der Waals surface area contributed by atoms with Crippen LogP contribution in [0.2, 0.25) is 0 Å². The van der Waals surface area contributed by atoms with Crippen LogP contribution in [0, 0.1) is 0 Å².